The van der Waals surface area contributed by atoms with E-state index in [2.05, 4.69) is 18.8 Å². The van der Waals surface area contributed by atoms with Gasteiger partial charge in [0.15, 0.2) is 0 Å². The molecule has 0 saturated carbocycles. The van der Waals surface area contributed by atoms with Gasteiger partial charge in [-0.05, 0) is 42.0 Å². The van der Waals surface area contributed by atoms with Gasteiger partial charge in [-0.3, -0.25) is 0 Å². The van der Waals surface area contributed by atoms with Crippen LogP contribution in [0.5, 0.6) is 0 Å². The monoisotopic (exact) mass is 232 g/mol. The van der Waals surface area contributed by atoms with Crippen LogP contribution in [0.25, 0.3) is 11.3 Å². The highest BCUT2D eigenvalue weighted by Crippen LogP contribution is 2.25. The van der Waals surface area contributed by atoms with Crippen LogP contribution in [0.4, 0.5) is 4.39 Å². The van der Waals surface area contributed by atoms with Gasteiger partial charge >= 0.3 is 0 Å². The molecule has 1 heterocycles. The Morgan fingerprint density at radius 2 is 1.76 bits per heavy atom. The van der Waals surface area contributed by atoms with Crippen LogP contribution >= 0.6 is 0 Å². The molecular formula is C14H17FN2. The first-order valence-electron chi connectivity index (χ1n) is 5.68. The van der Waals surface area contributed by atoms with E-state index in [4.69, 9.17) is 5.73 Å². The average Bonchev–Trinajstić information content (AvgIpc) is 2.80. The molecule has 1 aromatic heterocycles. The molecule has 2 aromatic rings. The van der Waals surface area contributed by atoms with Gasteiger partial charge in [0.05, 0.1) is 0 Å². The van der Waals surface area contributed by atoms with Crippen molar-refractivity contribution in [2.75, 3.05) is 6.54 Å². The number of rotatable bonds is 3. The quantitative estimate of drug-likeness (QED) is 0.839. The molecule has 0 atom stereocenters. The summed E-state index contributed by atoms with van der Waals surface area (Å²) in [6.07, 6.45) is 0. The fourth-order valence-corrected chi connectivity index (χ4v) is 1.70. The Bertz CT molecular complexity index is 497. The van der Waals surface area contributed by atoms with Gasteiger partial charge in [-0.2, -0.15) is 0 Å². The number of aromatic amines is 1. The highest BCUT2D eigenvalue weighted by molar-refractivity contribution is 5.60. The zero-order valence-electron chi connectivity index (χ0n) is 10.1. The summed E-state index contributed by atoms with van der Waals surface area (Å²) in [5.74, 6) is -0.220. The van der Waals surface area contributed by atoms with Gasteiger partial charge in [0.2, 0.25) is 0 Å². The number of H-pyrrole nitrogens is 1. The van der Waals surface area contributed by atoms with Crippen LogP contribution in [0.15, 0.2) is 36.4 Å². The summed E-state index contributed by atoms with van der Waals surface area (Å²) >= 11 is 0. The molecule has 3 N–H and O–H groups in total. The van der Waals surface area contributed by atoms with Crippen molar-refractivity contribution in [1.29, 1.82) is 0 Å². The summed E-state index contributed by atoms with van der Waals surface area (Å²) in [5, 5.41) is 0. The molecule has 0 aliphatic carbocycles. The summed E-state index contributed by atoms with van der Waals surface area (Å²) in [6.45, 7) is 4.76. The molecule has 0 aliphatic heterocycles. The molecule has 0 spiro atoms. The Labute approximate surface area is 101 Å². The second-order valence-corrected chi connectivity index (χ2v) is 4.88. The molecule has 0 saturated heterocycles. The van der Waals surface area contributed by atoms with Crippen molar-refractivity contribution in [2.45, 2.75) is 19.3 Å². The van der Waals surface area contributed by atoms with E-state index in [-0.39, 0.29) is 11.2 Å². The van der Waals surface area contributed by atoms with Crippen LogP contribution in [0, 0.1) is 5.82 Å². The molecule has 0 unspecified atom stereocenters. The summed E-state index contributed by atoms with van der Waals surface area (Å²) in [7, 11) is 0. The zero-order chi connectivity index (χ0) is 12.5. The maximum atomic E-state index is 12.8. The standard InChI is InChI=1S/C14H17FN2/c1-14(2,9-16)13-8-7-12(17-13)10-3-5-11(15)6-4-10/h3-8,17H,9,16H2,1-2H3. The first-order valence-corrected chi connectivity index (χ1v) is 5.68. The van der Waals surface area contributed by atoms with E-state index < -0.39 is 0 Å². The van der Waals surface area contributed by atoms with E-state index in [9.17, 15) is 4.39 Å². The second-order valence-electron chi connectivity index (χ2n) is 4.88. The predicted molar refractivity (Wildman–Crippen MR) is 68.3 cm³/mol. The van der Waals surface area contributed by atoms with E-state index in [0.29, 0.717) is 6.54 Å². The van der Waals surface area contributed by atoms with Crippen LogP contribution in [-0.2, 0) is 5.41 Å². The van der Waals surface area contributed by atoms with Gasteiger partial charge in [-0.15, -0.1) is 0 Å². The zero-order valence-corrected chi connectivity index (χ0v) is 10.1. The van der Waals surface area contributed by atoms with Crippen molar-refractivity contribution >= 4 is 0 Å². The minimum atomic E-state index is -0.220. The lowest BCUT2D eigenvalue weighted by molar-refractivity contribution is 0.525. The maximum Gasteiger partial charge on any atom is 0.123 e. The topological polar surface area (TPSA) is 41.8 Å². The lowest BCUT2D eigenvalue weighted by Gasteiger charge is -2.20. The lowest BCUT2D eigenvalue weighted by atomic mass is 9.90. The predicted octanol–water partition coefficient (Wildman–Crippen LogP) is 3.06. The van der Waals surface area contributed by atoms with Crippen molar-refractivity contribution in [3.63, 3.8) is 0 Å². The normalized spacial score (nSPS) is 11.8. The molecule has 0 aliphatic rings. The summed E-state index contributed by atoms with van der Waals surface area (Å²) in [5.41, 5.74) is 8.73. The number of hydrogen-bond donors (Lipinski definition) is 2. The number of nitrogens with two attached hydrogens (primary N) is 1. The van der Waals surface area contributed by atoms with Crippen molar-refractivity contribution in [3.8, 4) is 11.3 Å². The van der Waals surface area contributed by atoms with Crippen molar-refractivity contribution < 1.29 is 4.39 Å². The van der Waals surface area contributed by atoms with Gasteiger partial charge < -0.3 is 10.7 Å². The van der Waals surface area contributed by atoms with Crippen LogP contribution in [-0.4, -0.2) is 11.5 Å². The highest BCUT2D eigenvalue weighted by atomic mass is 19.1. The first-order chi connectivity index (χ1) is 8.03. The molecule has 2 rings (SSSR count). The third kappa shape index (κ3) is 2.39. The van der Waals surface area contributed by atoms with Crippen LogP contribution in [0.3, 0.4) is 0 Å². The first kappa shape index (κ1) is 11.9. The fraction of sp³-hybridized carbons (Fsp3) is 0.286. The van der Waals surface area contributed by atoms with Crippen molar-refractivity contribution in [3.05, 3.63) is 47.9 Å². The van der Waals surface area contributed by atoms with Gasteiger partial charge in [-0.25, -0.2) is 4.39 Å². The van der Waals surface area contributed by atoms with Crippen molar-refractivity contribution in [2.24, 2.45) is 5.73 Å². The van der Waals surface area contributed by atoms with Gasteiger partial charge in [0.25, 0.3) is 0 Å². The smallest absolute Gasteiger partial charge is 0.123 e. The molecule has 1 aromatic carbocycles. The third-order valence-electron chi connectivity index (χ3n) is 3.08. The Kier molecular flexibility index (Phi) is 3.03. The second kappa shape index (κ2) is 4.34. The van der Waals surface area contributed by atoms with E-state index in [1.165, 1.54) is 12.1 Å². The largest absolute Gasteiger partial charge is 0.358 e. The lowest BCUT2D eigenvalue weighted by Crippen LogP contribution is -2.28. The van der Waals surface area contributed by atoms with Gasteiger partial charge in [0, 0.05) is 23.3 Å². The number of halogens is 1. The minimum absolute atomic E-state index is 0.0712. The maximum absolute atomic E-state index is 12.8. The average molecular weight is 232 g/mol. The van der Waals surface area contributed by atoms with E-state index >= 15 is 0 Å². The molecular weight excluding hydrogens is 215 g/mol. The van der Waals surface area contributed by atoms with Crippen LogP contribution in [0.1, 0.15) is 19.5 Å². The van der Waals surface area contributed by atoms with Crippen molar-refractivity contribution in [1.82, 2.24) is 4.98 Å². The van der Waals surface area contributed by atoms with Crippen LogP contribution in [0.2, 0.25) is 0 Å². The third-order valence-corrected chi connectivity index (χ3v) is 3.08. The fourth-order valence-electron chi connectivity index (χ4n) is 1.70. The van der Waals surface area contributed by atoms with E-state index in [1.807, 2.05) is 12.1 Å². The van der Waals surface area contributed by atoms with Gasteiger partial charge in [0.1, 0.15) is 5.82 Å². The number of benzene rings is 1. The Morgan fingerprint density at radius 1 is 1.12 bits per heavy atom. The minimum Gasteiger partial charge on any atom is -0.358 e. The van der Waals surface area contributed by atoms with E-state index in [0.717, 1.165) is 17.0 Å². The van der Waals surface area contributed by atoms with Gasteiger partial charge in [-0.1, -0.05) is 13.8 Å². The molecule has 0 fully saturated rings. The SMILES string of the molecule is CC(C)(CN)c1ccc(-c2ccc(F)cc2)[nH]1. The molecule has 0 amide bonds. The highest BCUT2D eigenvalue weighted by Gasteiger charge is 2.20. The molecule has 0 bridgehead atoms. The number of aromatic nitrogens is 1. The number of hydrogen-bond acceptors (Lipinski definition) is 1. The Hall–Kier alpha value is -1.61. The molecule has 17 heavy (non-hydrogen) atoms. The number of nitrogens with one attached hydrogen (secondary N) is 1. The van der Waals surface area contributed by atoms with Crippen LogP contribution < -0.4 is 5.73 Å². The molecule has 90 valence electrons. The Balaban J connectivity index is 2.33. The van der Waals surface area contributed by atoms with E-state index in [1.54, 1.807) is 12.1 Å². The Morgan fingerprint density at radius 3 is 2.35 bits per heavy atom. The molecule has 0 radical (unpaired) electrons. The summed E-state index contributed by atoms with van der Waals surface area (Å²) in [4.78, 5) is 3.34. The summed E-state index contributed by atoms with van der Waals surface area (Å²) < 4.78 is 12.8. The molecule has 3 heteroatoms. The summed E-state index contributed by atoms with van der Waals surface area (Å²) in [6, 6.07) is 10.5. The molecule has 2 nitrogen and oxygen atoms in total.